The zero-order valence-electron chi connectivity index (χ0n) is 12.4. The fraction of sp³-hybridized carbons (Fsp3) is 0.643. The van der Waals surface area contributed by atoms with Crippen molar-refractivity contribution in [2.75, 3.05) is 23.8 Å². The lowest BCUT2D eigenvalue weighted by molar-refractivity contribution is -0.122. The van der Waals surface area contributed by atoms with E-state index in [1.54, 1.807) is 0 Å². The maximum absolute atomic E-state index is 11.4. The molecule has 0 radical (unpaired) electrons. The van der Waals surface area contributed by atoms with Crippen LogP contribution in [0, 0.1) is 5.92 Å². The van der Waals surface area contributed by atoms with E-state index in [0.29, 0.717) is 12.6 Å². The highest BCUT2D eigenvalue weighted by Gasteiger charge is 2.29. The molecule has 2 atom stereocenters. The number of hydrogen-bond acceptors (Lipinski definition) is 5. The molecule has 1 aromatic heterocycles. The molecule has 1 fully saturated rings. The van der Waals surface area contributed by atoms with Crippen molar-refractivity contribution < 1.29 is 4.79 Å². The van der Waals surface area contributed by atoms with Crippen LogP contribution in [0.4, 0.5) is 11.6 Å². The number of carbonyl (C=O) groups excluding carboxylic acids is 1. The monoisotopic (exact) mass is 277 g/mol. The highest BCUT2D eigenvalue weighted by molar-refractivity contribution is 5.77. The van der Waals surface area contributed by atoms with Crippen LogP contribution in [0.3, 0.4) is 0 Å². The smallest absolute Gasteiger partial charge is 0.222 e. The largest absolute Gasteiger partial charge is 0.373 e. The van der Waals surface area contributed by atoms with Gasteiger partial charge in [0.2, 0.25) is 5.91 Å². The molecule has 1 aliphatic heterocycles. The molecule has 0 bridgehead atoms. The van der Waals surface area contributed by atoms with Gasteiger partial charge in [-0.05, 0) is 19.8 Å². The average Bonchev–Trinajstić information content (AvgIpc) is 2.46. The van der Waals surface area contributed by atoms with E-state index in [2.05, 4.69) is 27.1 Å². The zero-order valence-corrected chi connectivity index (χ0v) is 12.4. The Hall–Kier alpha value is -1.85. The number of nitrogens with two attached hydrogens (primary N) is 1. The number of carbonyl (C=O) groups is 1. The fourth-order valence-electron chi connectivity index (χ4n) is 2.57. The summed E-state index contributed by atoms with van der Waals surface area (Å²) < 4.78 is 0. The number of aryl methyl sites for hydroxylation is 1. The molecule has 0 spiro atoms. The number of nitrogens with one attached hydrogen (secondary N) is 1. The van der Waals surface area contributed by atoms with E-state index in [1.807, 2.05) is 20.0 Å². The molecule has 0 aliphatic carbocycles. The molecule has 1 aromatic rings. The van der Waals surface area contributed by atoms with Crippen molar-refractivity contribution in [2.45, 2.75) is 39.2 Å². The Morgan fingerprint density at radius 3 is 2.85 bits per heavy atom. The molecule has 2 rings (SSSR count). The van der Waals surface area contributed by atoms with Crippen LogP contribution in [0.25, 0.3) is 0 Å². The van der Waals surface area contributed by atoms with Crippen LogP contribution < -0.4 is 16.0 Å². The van der Waals surface area contributed by atoms with Crippen molar-refractivity contribution in [3.05, 3.63) is 11.9 Å². The van der Waals surface area contributed by atoms with Gasteiger partial charge in [-0.2, -0.15) is 0 Å². The van der Waals surface area contributed by atoms with Gasteiger partial charge in [0.25, 0.3) is 0 Å². The number of amides is 1. The molecule has 2 unspecified atom stereocenters. The fourth-order valence-corrected chi connectivity index (χ4v) is 2.57. The quantitative estimate of drug-likeness (QED) is 0.863. The van der Waals surface area contributed by atoms with Gasteiger partial charge in [-0.15, -0.1) is 0 Å². The van der Waals surface area contributed by atoms with Gasteiger partial charge < -0.3 is 16.0 Å². The number of piperidine rings is 1. The van der Waals surface area contributed by atoms with Crippen LogP contribution in [0.5, 0.6) is 0 Å². The Kier molecular flexibility index (Phi) is 4.42. The number of anilines is 2. The Labute approximate surface area is 119 Å². The maximum atomic E-state index is 11.4. The Balaban J connectivity index is 2.30. The van der Waals surface area contributed by atoms with Gasteiger partial charge in [0.1, 0.15) is 17.5 Å². The van der Waals surface area contributed by atoms with Gasteiger partial charge in [-0.3, -0.25) is 4.79 Å². The first kappa shape index (κ1) is 14.6. The Bertz CT molecular complexity index is 468. The summed E-state index contributed by atoms with van der Waals surface area (Å²) >= 11 is 0. The summed E-state index contributed by atoms with van der Waals surface area (Å²) in [7, 11) is 1.84. The zero-order chi connectivity index (χ0) is 14.7. The van der Waals surface area contributed by atoms with Gasteiger partial charge in [0.15, 0.2) is 0 Å². The molecule has 1 aliphatic rings. The number of hydrogen-bond donors (Lipinski definition) is 2. The summed E-state index contributed by atoms with van der Waals surface area (Å²) in [6, 6.07) is 2.29. The lowest BCUT2D eigenvalue weighted by Crippen LogP contribution is -2.46. The predicted octanol–water partition coefficient (Wildman–Crippen LogP) is 1.17. The highest BCUT2D eigenvalue weighted by atomic mass is 16.1. The number of aromatic nitrogens is 2. The minimum absolute atomic E-state index is 0.0933. The molecule has 1 amide bonds. The molecular formula is C14H23N5O. The first-order chi connectivity index (χ1) is 9.55. The van der Waals surface area contributed by atoms with Gasteiger partial charge >= 0.3 is 0 Å². The van der Waals surface area contributed by atoms with E-state index in [1.165, 1.54) is 0 Å². The third-order valence-electron chi connectivity index (χ3n) is 3.91. The van der Waals surface area contributed by atoms with Gasteiger partial charge in [0, 0.05) is 32.1 Å². The van der Waals surface area contributed by atoms with Crippen LogP contribution in [-0.4, -0.2) is 35.5 Å². The molecule has 2 heterocycles. The van der Waals surface area contributed by atoms with E-state index in [-0.39, 0.29) is 11.8 Å². The Morgan fingerprint density at radius 2 is 2.25 bits per heavy atom. The first-order valence-electron chi connectivity index (χ1n) is 7.16. The minimum atomic E-state index is -0.222. The summed E-state index contributed by atoms with van der Waals surface area (Å²) in [5.41, 5.74) is 5.45. The summed E-state index contributed by atoms with van der Waals surface area (Å²) in [5, 5.41) is 3.06. The second kappa shape index (κ2) is 6.07. The topological polar surface area (TPSA) is 84.1 Å². The molecule has 3 N–H and O–H groups in total. The molecule has 6 heteroatoms. The van der Waals surface area contributed by atoms with Gasteiger partial charge in [-0.1, -0.05) is 6.92 Å². The third-order valence-corrected chi connectivity index (χ3v) is 3.91. The number of primary amides is 1. The van der Waals surface area contributed by atoms with E-state index in [0.717, 1.165) is 36.7 Å². The molecule has 0 saturated carbocycles. The van der Waals surface area contributed by atoms with Crippen LogP contribution in [-0.2, 0) is 11.2 Å². The van der Waals surface area contributed by atoms with E-state index in [9.17, 15) is 4.79 Å². The van der Waals surface area contributed by atoms with Crippen LogP contribution >= 0.6 is 0 Å². The maximum Gasteiger partial charge on any atom is 0.222 e. The third kappa shape index (κ3) is 3.00. The van der Waals surface area contributed by atoms with Crippen LogP contribution in [0.1, 0.15) is 32.5 Å². The van der Waals surface area contributed by atoms with Crippen molar-refractivity contribution in [1.29, 1.82) is 0 Å². The summed E-state index contributed by atoms with van der Waals surface area (Å²) in [6.07, 6.45) is 2.59. The highest BCUT2D eigenvalue weighted by Crippen LogP contribution is 2.27. The second-order valence-corrected chi connectivity index (χ2v) is 5.31. The van der Waals surface area contributed by atoms with Crippen molar-refractivity contribution in [3.8, 4) is 0 Å². The standard InChI is InChI=1S/C14H23N5O/c1-4-11-17-12(16-3)7-13(18-11)19-8-10(14(15)20)6-5-9(19)2/h7,9-10H,4-6,8H2,1-3H3,(H2,15,20)(H,16,17,18). The normalized spacial score (nSPS) is 22.6. The minimum Gasteiger partial charge on any atom is -0.373 e. The molecule has 110 valence electrons. The molecule has 6 nitrogen and oxygen atoms in total. The lowest BCUT2D eigenvalue weighted by Gasteiger charge is -2.38. The molecule has 0 aromatic carbocycles. The van der Waals surface area contributed by atoms with Crippen molar-refractivity contribution in [2.24, 2.45) is 11.7 Å². The SMILES string of the molecule is CCc1nc(NC)cc(N2CC(C(N)=O)CCC2C)n1. The first-order valence-corrected chi connectivity index (χ1v) is 7.16. The summed E-state index contributed by atoms with van der Waals surface area (Å²) in [5.74, 6) is 2.17. The molecular weight excluding hydrogens is 254 g/mol. The van der Waals surface area contributed by atoms with Crippen molar-refractivity contribution >= 4 is 17.5 Å². The lowest BCUT2D eigenvalue weighted by atomic mass is 9.93. The Morgan fingerprint density at radius 1 is 1.50 bits per heavy atom. The van der Waals surface area contributed by atoms with Crippen molar-refractivity contribution in [3.63, 3.8) is 0 Å². The molecule has 20 heavy (non-hydrogen) atoms. The van der Waals surface area contributed by atoms with Gasteiger partial charge in [-0.25, -0.2) is 9.97 Å². The number of rotatable bonds is 4. The van der Waals surface area contributed by atoms with Crippen LogP contribution in [0.2, 0.25) is 0 Å². The molecule has 1 saturated heterocycles. The average molecular weight is 277 g/mol. The van der Waals surface area contributed by atoms with Crippen molar-refractivity contribution in [1.82, 2.24) is 9.97 Å². The van der Waals surface area contributed by atoms with E-state index >= 15 is 0 Å². The second-order valence-electron chi connectivity index (χ2n) is 5.31. The number of nitrogens with zero attached hydrogens (tertiary/aromatic N) is 3. The summed E-state index contributed by atoms with van der Waals surface area (Å²) in [6.45, 7) is 4.83. The van der Waals surface area contributed by atoms with Gasteiger partial charge in [0.05, 0.1) is 5.92 Å². The summed E-state index contributed by atoms with van der Waals surface area (Å²) in [4.78, 5) is 22.6. The van der Waals surface area contributed by atoms with E-state index in [4.69, 9.17) is 5.73 Å². The predicted molar refractivity (Wildman–Crippen MR) is 79.7 cm³/mol. The van der Waals surface area contributed by atoms with Crippen LogP contribution in [0.15, 0.2) is 6.07 Å². The van der Waals surface area contributed by atoms with E-state index < -0.39 is 0 Å².